The molecule has 6 nitrogen and oxygen atoms in total. The number of pyridine rings is 1. The molecule has 8 heteroatoms. The lowest BCUT2D eigenvalue weighted by molar-refractivity contribution is 0.00111. The Labute approximate surface area is 180 Å². The molecule has 0 radical (unpaired) electrons. The lowest BCUT2D eigenvalue weighted by Gasteiger charge is -2.37. The van der Waals surface area contributed by atoms with Crippen LogP contribution in [-0.4, -0.2) is 46.1 Å². The summed E-state index contributed by atoms with van der Waals surface area (Å²) in [6.07, 6.45) is 1.58. The number of Topliss-reactive ketones (excluding diaryl/α,β-unsaturated/α-hetero) is 1. The molecule has 0 unspecified atom stereocenters. The number of amides is 1. The highest BCUT2D eigenvalue weighted by molar-refractivity contribution is 6.35. The molecular formula is C22H27ClFN3O3. The van der Waals surface area contributed by atoms with Gasteiger partial charge in [0.25, 0.3) is 0 Å². The molecule has 0 bridgehead atoms. The molecule has 0 aliphatic carbocycles. The minimum Gasteiger partial charge on any atom is -0.444 e. The molecule has 0 spiro atoms. The van der Waals surface area contributed by atoms with Gasteiger partial charge in [-0.2, -0.15) is 0 Å². The molecule has 2 N–H and O–H groups in total. The van der Waals surface area contributed by atoms with E-state index in [-0.39, 0.29) is 49.6 Å². The van der Waals surface area contributed by atoms with Gasteiger partial charge in [0, 0.05) is 36.7 Å². The number of likely N-dealkylation sites (tertiary alicyclic amines) is 1. The average Bonchev–Trinajstić information content (AvgIpc) is 2.68. The maximum atomic E-state index is 15.3. The molecule has 3 rings (SSSR count). The van der Waals surface area contributed by atoms with Crippen molar-refractivity contribution in [1.29, 1.82) is 0 Å². The van der Waals surface area contributed by atoms with E-state index in [4.69, 9.17) is 22.1 Å². The van der Waals surface area contributed by atoms with E-state index >= 15 is 4.39 Å². The molecule has 0 saturated carbocycles. The first-order chi connectivity index (χ1) is 14.0. The Morgan fingerprint density at radius 2 is 2.00 bits per heavy atom. The van der Waals surface area contributed by atoms with E-state index in [1.54, 1.807) is 39.1 Å². The van der Waals surface area contributed by atoms with E-state index in [1.165, 1.54) is 11.0 Å². The number of hydrogen-bond acceptors (Lipinski definition) is 5. The number of anilines is 1. The highest BCUT2D eigenvalue weighted by atomic mass is 35.5. The lowest BCUT2D eigenvalue weighted by atomic mass is 9.87. The summed E-state index contributed by atoms with van der Waals surface area (Å²) in [7, 11) is 0. The molecule has 1 aromatic carbocycles. The summed E-state index contributed by atoms with van der Waals surface area (Å²) in [5.74, 6) is -0.229. The molecule has 0 atom stereocenters. The van der Waals surface area contributed by atoms with Gasteiger partial charge in [-0.25, -0.2) is 9.18 Å². The van der Waals surface area contributed by atoms with Gasteiger partial charge in [-0.15, -0.1) is 0 Å². The van der Waals surface area contributed by atoms with Crippen molar-refractivity contribution in [3.8, 4) is 0 Å². The zero-order valence-electron chi connectivity index (χ0n) is 17.5. The molecule has 1 saturated heterocycles. The number of aromatic nitrogens is 1. The molecule has 1 amide bonds. The number of carbonyl (C=O) groups is 2. The van der Waals surface area contributed by atoms with Crippen molar-refractivity contribution in [3.05, 3.63) is 35.0 Å². The standard InChI is InChI=1S/C22H27ClFN3O3/c1-21(2,3)30-20(29)27-11-8-22(24,9-12-27)7-6-17(28)15-13-16(23)18(25)14-5-4-10-26-19(14)15/h4-5,10,13H,6-9,11-12,25H2,1-3H3. The first kappa shape index (κ1) is 22.3. The third-order valence-electron chi connectivity index (χ3n) is 5.29. The number of hydrogen-bond donors (Lipinski definition) is 1. The number of piperidine rings is 1. The smallest absolute Gasteiger partial charge is 0.410 e. The molecule has 1 aliphatic heterocycles. The van der Waals surface area contributed by atoms with Crippen molar-refractivity contribution in [2.75, 3.05) is 18.8 Å². The minimum absolute atomic E-state index is 0.0227. The van der Waals surface area contributed by atoms with Gasteiger partial charge < -0.3 is 15.4 Å². The maximum Gasteiger partial charge on any atom is 0.410 e. The van der Waals surface area contributed by atoms with E-state index in [2.05, 4.69) is 4.98 Å². The number of ether oxygens (including phenoxy) is 1. The third kappa shape index (κ3) is 5.01. The average molecular weight is 436 g/mol. The number of halogens is 2. The van der Waals surface area contributed by atoms with Gasteiger partial charge in [0.05, 0.1) is 16.2 Å². The van der Waals surface area contributed by atoms with Crippen molar-refractivity contribution in [2.24, 2.45) is 0 Å². The second kappa shape index (κ2) is 8.38. The van der Waals surface area contributed by atoms with Crippen LogP contribution in [0.5, 0.6) is 0 Å². The summed E-state index contributed by atoms with van der Waals surface area (Å²) < 4.78 is 20.6. The second-order valence-corrected chi connectivity index (χ2v) is 9.17. The topological polar surface area (TPSA) is 85.5 Å². The fourth-order valence-corrected chi connectivity index (χ4v) is 3.80. The maximum absolute atomic E-state index is 15.3. The SMILES string of the molecule is CC(C)(C)OC(=O)N1CCC(F)(CCC(=O)c2cc(Cl)c(N)c3cccnc23)CC1. The zero-order chi connectivity index (χ0) is 22.1. The van der Waals surface area contributed by atoms with Crippen molar-refractivity contribution in [1.82, 2.24) is 9.88 Å². The number of nitrogen functional groups attached to an aromatic ring is 1. The number of nitrogens with two attached hydrogens (primary N) is 1. The van der Waals surface area contributed by atoms with E-state index in [0.29, 0.717) is 22.2 Å². The summed E-state index contributed by atoms with van der Waals surface area (Å²) in [5.41, 5.74) is 5.08. The number of rotatable bonds is 4. The van der Waals surface area contributed by atoms with Crippen LogP contribution in [0, 0.1) is 0 Å². The number of fused-ring (bicyclic) bond motifs is 1. The predicted molar refractivity (Wildman–Crippen MR) is 116 cm³/mol. The highest BCUT2D eigenvalue weighted by Gasteiger charge is 2.37. The Kier molecular flexibility index (Phi) is 6.22. The van der Waals surface area contributed by atoms with Crippen LogP contribution in [0.2, 0.25) is 5.02 Å². The van der Waals surface area contributed by atoms with Gasteiger partial charge in [-0.3, -0.25) is 9.78 Å². The molecule has 1 aliphatic rings. The Bertz CT molecular complexity index is 966. The van der Waals surface area contributed by atoms with E-state index in [1.807, 2.05) is 0 Å². The fraction of sp³-hybridized carbons (Fsp3) is 0.500. The number of carbonyl (C=O) groups excluding carboxylic acids is 2. The first-order valence-electron chi connectivity index (χ1n) is 10.0. The van der Waals surface area contributed by atoms with Crippen LogP contribution < -0.4 is 5.73 Å². The molecule has 1 aromatic heterocycles. The summed E-state index contributed by atoms with van der Waals surface area (Å²) >= 11 is 6.18. The predicted octanol–water partition coefficient (Wildman–Crippen LogP) is 5.17. The third-order valence-corrected chi connectivity index (χ3v) is 5.61. The molecular weight excluding hydrogens is 409 g/mol. The summed E-state index contributed by atoms with van der Waals surface area (Å²) in [4.78, 5) is 30.8. The Morgan fingerprint density at radius 1 is 1.33 bits per heavy atom. The van der Waals surface area contributed by atoms with Gasteiger partial charge in [-0.05, 0) is 58.2 Å². The first-order valence-corrected chi connectivity index (χ1v) is 10.4. The summed E-state index contributed by atoms with van der Waals surface area (Å²) in [6.45, 7) is 5.90. The second-order valence-electron chi connectivity index (χ2n) is 8.76. The molecule has 1 fully saturated rings. The lowest BCUT2D eigenvalue weighted by Crippen LogP contribution is -2.46. The van der Waals surface area contributed by atoms with Gasteiger partial charge in [0.1, 0.15) is 11.3 Å². The van der Waals surface area contributed by atoms with Gasteiger partial charge in [0.15, 0.2) is 5.78 Å². The van der Waals surface area contributed by atoms with Gasteiger partial charge in [-0.1, -0.05) is 11.6 Å². The monoisotopic (exact) mass is 435 g/mol. The van der Waals surface area contributed by atoms with Crippen LogP contribution in [0.25, 0.3) is 10.9 Å². The summed E-state index contributed by atoms with van der Waals surface area (Å²) in [6, 6.07) is 4.98. The van der Waals surface area contributed by atoms with E-state index < -0.39 is 17.4 Å². The molecule has 162 valence electrons. The number of ketones is 1. The number of benzene rings is 1. The fourth-order valence-electron chi connectivity index (χ4n) is 3.59. The van der Waals surface area contributed by atoms with Crippen LogP contribution >= 0.6 is 11.6 Å². The molecule has 2 aromatic rings. The normalized spacial score (nSPS) is 16.5. The van der Waals surface area contributed by atoms with Crippen LogP contribution in [0.15, 0.2) is 24.4 Å². The van der Waals surface area contributed by atoms with E-state index in [9.17, 15) is 9.59 Å². The van der Waals surface area contributed by atoms with Crippen molar-refractivity contribution in [3.63, 3.8) is 0 Å². The van der Waals surface area contributed by atoms with Crippen LogP contribution in [0.4, 0.5) is 14.9 Å². The minimum atomic E-state index is -1.50. The van der Waals surface area contributed by atoms with Crippen LogP contribution in [-0.2, 0) is 4.74 Å². The van der Waals surface area contributed by atoms with Gasteiger partial charge >= 0.3 is 6.09 Å². The van der Waals surface area contributed by atoms with Crippen molar-refractivity contribution < 1.29 is 18.7 Å². The van der Waals surface area contributed by atoms with E-state index in [0.717, 1.165) is 0 Å². The van der Waals surface area contributed by atoms with Crippen LogP contribution in [0.1, 0.15) is 56.8 Å². The zero-order valence-corrected chi connectivity index (χ0v) is 18.3. The Morgan fingerprint density at radius 3 is 2.63 bits per heavy atom. The largest absolute Gasteiger partial charge is 0.444 e. The highest BCUT2D eigenvalue weighted by Crippen LogP contribution is 2.34. The van der Waals surface area contributed by atoms with Crippen molar-refractivity contribution in [2.45, 2.75) is 57.7 Å². The number of alkyl halides is 1. The quantitative estimate of drug-likeness (QED) is 0.528. The van der Waals surface area contributed by atoms with Crippen LogP contribution in [0.3, 0.4) is 0 Å². The molecule has 30 heavy (non-hydrogen) atoms. The molecule has 2 heterocycles. The Hall–Kier alpha value is -2.41. The van der Waals surface area contributed by atoms with Crippen molar-refractivity contribution >= 4 is 40.1 Å². The summed E-state index contributed by atoms with van der Waals surface area (Å²) in [5, 5.41) is 0.883. The van der Waals surface area contributed by atoms with Gasteiger partial charge in [0.2, 0.25) is 0 Å². The number of nitrogens with zero attached hydrogens (tertiary/aromatic N) is 2. The Balaban J connectivity index is 1.64.